The number of nitriles is 1. The third-order valence-electron chi connectivity index (χ3n) is 5.16. The van der Waals surface area contributed by atoms with Crippen LogP contribution < -0.4 is 4.90 Å². The monoisotopic (exact) mass is 358 g/mol. The molecule has 26 heavy (non-hydrogen) atoms. The van der Waals surface area contributed by atoms with Crippen LogP contribution in [0, 0.1) is 36.9 Å². The summed E-state index contributed by atoms with van der Waals surface area (Å²) >= 11 is 0. The Labute approximate surface area is 151 Å². The number of benzene rings is 2. The summed E-state index contributed by atoms with van der Waals surface area (Å²) in [6.45, 7) is 4.58. The van der Waals surface area contributed by atoms with Gasteiger partial charge >= 0.3 is 0 Å². The van der Waals surface area contributed by atoms with Crippen LogP contribution in [0.15, 0.2) is 36.4 Å². The molecule has 5 heteroatoms. The van der Waals surface area contributed by atoms with Gasteiger partial charge in [-0.1, -0.05) is 11.6 Å². The fourth-order valence-corrected chi connectivity index (χ4v) is 3.68. The number of hydrogen-bond acceptors (Lipinski definition) is 2. The first-order chi connectivity index (χ1) is 12.3. The summed E-state index contributed by atoms with van der Waals surface area (Å²) in [7, 11) is 0. The summed E-state index contributed by atoms with van der Waals surface area (Å²) in [5, 5.41) is 8.96. The van der Waals surface area contributed by atoms with Gasteiger partial charge in [0.1, 0.15) is 5.82 Å². The molecule has 2 nitrogen and oxygen atoms in total. The van der Waals surface area contributed by atoms with Crippen molar-refractivity contribution in [3.05, 3.63) is 64.5 Å². The van der Waals surface area contributed by atoms with Gasteiger partial charge in [0.15, 0.2) is 0 Å². The minimum atomic E-state index is -3.18. The van der Waals surface area contributed by atoms with Crippen LogP contribution in [0.1, 0.15) is 35.1 Å². The fourth-order valence-electron chi connectivity index (χ4n) is 3.68. The van der Waals surface area contributed by atoms with E-state index in [0.717, 1.165) is 17.3 Å². The van der Waals surface area contributed by atoms with E-state index >= 15 is 0 Å². The van der Waals surface area contributed by atoms with E-state index in [-0.39, 0.29) is 0 Å². The van der Waals surface area contributed by atoms with Crippen LogP contribution in [0.4, 0.5) is 18.9 Å². The molecule has 0 saturated carbocycles. The van der Waals surface area contributed by atoms with Crippen molar-refractivity contribution in [1.29, 1.82) is 5.26 Å². The number of aryl methyl sites for hydroxylation is 2. The van der Waals surface area contributed by atoms with E-state index in [2.05, 4.69) is 11.0 Å². The maximum atomic E-state index is 14.9. The summed E-state index contributed by atoms with van der Waals surface area (Å²) in [5.74, 6) is -4.90. The molecule has 1 aliphatic heterocycles. The minimum absolute atomic E-state index is 0.291. The van der Waals surface area contributed by atoms with Crippen molar-refractivity contribution < 1.29 is 13.2 Å². The number of alkyl halides is 2. The summed E-state index contributed by atoms with van der Waals surface area (Å²) in [6.07, 6.45) is 0.583. The molecule has 0 aromatic heterocycles. The first kappa shape index (κ1) is 18.3. The maximum absolute atomic E-state index is 14.9. The van der Waals surface area contributed by atoms with Crippen molar-refractivity contribution in [2.45, 2.75) is 32.6 Å². The van der Waals surface area contributed by atoms with Gasteiger partial charge in [-0.15, -0.1) is 0 Å². The molecule has 0 aliphatic carbocycles. The lowest BCUT2D eigenvalue weighted by molar-refractivity contribution is -0.0761. The fraction of sp³-hybridized carbons (Fsp3) is 0.381. The minimum Gasteiger partial charge on any atom is -0.371 e. The molecule has 0 spiro atoms. The second-order valence-corrected chi connectivity index (χ2v) is 6.98. The highest BCUT2D eigenvalue weighted by Gasteiger charge is 2.44. The molecule has 0 amide bonds. The van der Waals surface area contributed by atoms with Gasteiger partial charge in [0, 0.05) is 24.7 Å². The van der Waals surface area contributed by atoms with Crippen molar-refractivity contribution in [2.75, 3.05) is 18.0 Å². The quantitative estimate of drug-likeness (QED) is 0.742. The van der Waals surface area contributed by atoms with Crippen LogP contribution >= 0.6 is 0 Å². The normalized spacial score (nSPS) is 15.8. The number of nitrogens with zero attached hydrogens (tertiary/aromatic N) is 2. The third kappa shape index (κ3) is 3.41. The molecular weight excluding hydrogens is 337 g/mol. The lowest BCUT2D eigenvalue weighted by atomic mass is 9.85. The Bertz CT molecular complexity index is 847. The van der Waals surface area contributed by atoms with Crippen molar-refractivity contribution in [3.8, 4) is 6.07 Å². The van der Waals surface area contributed by atoms with Gasteiger partial charge < -0.3 is 4.90 Å². The third-order valence-corrected chi connectivity index (χ3v) is 5.16. The first-order valence-electron chi connectivity index (χ1n) is 8.73. The van der Waals surface area contributed by atoms with E-state index in [1.807, 2.05) is 13.0 Å². The van der Waals surface area contributed by atoms with E-state index in [4.69, 9.17) is 5.26 Å². The molecule has 0 atom stereocenters. The summed E-state index contributed by atoms with van der Waals surface area (Å²) in [6, 6.07) is 11.4. The molecule has 1 saturated heterocycles. The van der Waals surface area contributed by atoms with Crippen LogP contribution in [0.2, 0.25) is 0 Å². The van der Waals surface area contributed by atoms with Gasteiger partial charge in [-0.05, 0) is 62.6 Å². The average Bonchev–Trinajstić information content (AvgIpc) is 2.63. The van der Waals surface area contributed by atoms with Crippen LogP contribution in [-0.2, 0) is 5.92 Å². The Morgan fingerprint density at radius 3 is 2.38 bits per heavy atom. The van der Waals surface area contributed by atoms with Crippen molar-refractivity contribution in [3.63, 3.8) is 0 Å². The number of anilines is 1. The number of piperidine rings is 1. The van der Waals surface area contributed by atoms with Gasteiger partial charge in [0.25, 0.3) is 5.92 Å². The summed E-state index contributed by atoms with van der Waals surface area (Å²) in [4.78, 5) is 2.07. The molecule has 136 valence electrons. The number of rotatable bonds is 3. The summed E-state index contributed by atoms with van der Waals surface area (Å²) < 4.78 is 43.8. The summed E-state index contributed by atoms with van der Waals surface area (Å²) in [5.41, 5.74) is 2.64. The molecule has 3 rings (SSSR count). The van der Waals surface area contributed by atoms with Gasteiger partial charge in [-0.25, -0.2) is 13.2 Å². The Hall–Kier alpha value is -2.48. The molecule has 1 heterocycles. The largest absolute Gasteiger partial charge is 0.371 e. The highest BCUT2D eigenvalue weighted by atomic mass is 19.3. The van der Waals surface area contributed by atoms with E-state index < -0.39 is 23.2 Å². The molecular formula is C21H21F3N2. The second kappa shape index (κ2) is 7.03. The first-order valence-corrected chi connectivity index (χ1v) is 8.73. The van der Waals surface area contributed by atoms with Crippen LogP contribution in [0.3, 0.4) is 0 Å². The van der Waals surface area contributed by atoms with Gasteiger partial charge in [-0.3, -0.25) is 0 Å². The molecule has 0 unspecified atom stereocenters. The number of hydrogen-bond donors (Lipinski definition) is 0. The van der Waals surface area contributed by atoms with Crippen molar-refractivity contribution in [1.82, 2.24) is 0 Å². The average molecular weight is 358 g/mol. The zero-order chi connectivity index (χ0) is 18.9. The molecule has 1 aliphatic rings. The van der Waals surface area contributed by atoms with Gasteiger partial charge in [-0.2, -0.15) is 5.26 Å². The van der Waals surface area contributed by atoms with Gasteiger partial charge in [0.05, 0.1) is 17.2 Å². The molecule has 0 N–H and O–H groups in total. The Kier molecular flexibility index (Phi) is 4.95. The standard InChI is InChI=1S/C21H21F3N2/c1-14-3-5-19(22)18(11-14)21(23,24)17-7-9-26(10-8-17)20-6-4-16(13-25)12-15(20)2/h3-6,11-12,17H,7-10H2,1-2H3. The molecule has 1 fully saturated rings. The lowest BCUT2D eigenvalue weighted by Gasteiger charge is -2.38. The highest BCUT2D eigenvalue weighted by molar-refractivity contribution is 5.56. The Morgan fingerprint density at radius 1 is 1.08 bits per heavy atom. The van der Waals surface area contributed by atoms with E-state index in [0.29, 0.717) is 37.1 Å². The zero-order valence-corrected chi connectivity index (χ0v) is 14.9. The predicted molar refractivity (Wildman–Crippen MR) is 95.9 cm³/mol. The topological polar surface area (TPSA) is 27.0 Å². The zero-order valence-electron chi connectivity index (χ0n) is 14.9. The smallest absolute Gasteiger partial charge is 0.278 e. The second-order valence-electron chi connectivity index (χ2n) is 6.98. The maximum Gasteiger partial charge on any atom is 0.278 e. The van der Waals surface area contributed by atoms with Crippen LogP contribution in [0.25, 0.3) is 0 Å². The van der Waals surface area contributed by atoms with Crippen molar-refractivity contribution in [2.24, 2.45) is 5.92 Å². The SMILES string of the molecule is Cc1ccc(F)c(C(F)(F)C2CCN(c3ccc(C#N)cc3C)CC2)c1. The lowest BCUT2D eigenvalue weighted by Crippen LogP contribution is -2.40. The molecule has 0 bridgehead atoms. The highest BCUT2D eigenvalue weighted by Crippen LogP contribution is 2.43. The molecule has 2 aromatic carbocycles. The van der Waals surface area contributed by atoms with Crippen LogP contribution in [-0.4, -0.2) is 13.1 Å². The van der Waals surface area contributed by atoms with Gasteiger partial charge in [0.2, 0.25) is 0 Å². The number of halogens is 3. The van der Waals surface area contributed by atoms with E-state index in [1.54, 1.807) is 19.1 Å². The molecule has 0 radical (unpaired) electrons. The van der Waals surface area contributed by atoms with Crippen molar-refractivity contribution >= 4 is 5.69 Å². The van der Waals surface area contributed by atoms with E-state index in [1.165, 1.54) is 12.1 Å². The Morgan fingerprint density at radius 2 is 1.77 bits per heavy atom. The van der Waals surface area contributed by atoms with E-state index in [9.17, 15) is 13.2 Å². The Balaban J connectivity index is 1.76. The van der Waals surface area contributed by atoms with Crippen LogP contribution in [0.5, 0.6) is 0 Å². The predicted octanol–water partition coefficient (Wildman–Crippen LogP) is 5.32. The molecule has 2 aromatic rings.